The number of imidazole rings is 1. The maximum atomic E-state index is 13.9. The van der Waals surface area contributed by atoms with Crippen molar-refractivity contribution in [2.24, 2.45) is 7.05 Å². The lowest BCUT2D eigenvalue weighted by Crippen LogP contribution is -2.33. The first-order chi connectivity index (χ1) is 15.4. The van der Waals surface area contributed by atoms with Gasteiger partial charge in [-0.15, -0.1) is 5.10 Å². The molecule has 4 rings (SSSR count). The largest absolute Gasteiger partial charge is 0.485 e. The Morgan fingerprint density at radius 2 is 2.00 bits per heavy atom. The highest BCUT2D eigenvalue weighted by Crippen LogP contribution is 2.24. The molecular weight excluding hydrogens is 424 g/mol. The van der Waals surface area contributed by atoms with Crippen LogP contribution in [0.2, 0.25) is 0 Å². The van der Waals surface area contributed by atoms with E-state index in [1.54, 1.807) is 32.3 Å². The molecule has 10 nitrogen and oxygen atoms in total. The van der Waals surface area contributed by atoms with Crippen LogP contribution in [0.1, 0.15) is 33.6 Å². The molecule has 4 aromatic rings. The first kappa shape index (κ1) is 21.3. The highest BCUT2D eigenvalue weighted by molar-refractivity contribution is 5.95. The van der Waals surface area contributed by atoms with Gasteiger partial charge in [0.1, 0.15) is 30.0 Å². The summed E-state index contributed by atoms with van der Waals surface area (Å²) in [6.07, 6.45) is 1.61. The summed E-state index contributed by atoms with van der Waals surface area (Å²) in [5, 5.41) is 23.4. The van der Waals surface area contributed by atoms with E-state index in [2.05, 4.69) is 25.8 Å². The van der Waals surface area contributed by atoms with Crippen molar-refractivity contribution in [3.8, 4) is 5.75 Å². The summed E-state index contributed by atoms with van der Waals surface area (Å²) in [6, 6.07) is 5.94. The van der Waals surface area contributed by atoms with Crippen LogP contribution in [0, 0.1) is 18.6 Å². The van der Waals surface area contributed by atoms with Crippen LogP contribution in [0.4, 0.5) is 8.78 Å². The van der Waals surface area contributed by atoms with Gasteiger partial charge in [0.2, 0.25) is 0 Å². The Kier molecular flexibility index (Phi) is 5.77. The summed E-state index contributed by atoms with van der Waals surface area (Å²) in [5.74, 6) is -1.43. The number of hydrogen-bond donors (Lipinski definition) is 2. The van der Waals surface area contributed by atoms with Crippen molar-refractivity contribution in [3.05, 3.63) is 70.9 Å². The van der Waals surface area contributed by atoms with Crippen molar-refractivity contribution < 1.29 is 23.4 Å². The van der Waals surface area contributed by atoms with Crippen molar-refractivity contribution in [1.82, 2.24) is 34.9 Å². The number of aromatic nitrogens is 6. The summed E-state index contributed by atoms with van der Waals surface area (Å²) >= 11 is 0. The van der Waals surface area contributed by atoms with Crippen LogP contribution < -0.4 is 10.1 Å². The topological polar surface area (TPSA) is 119 Å². The Morgan fingerprint density at radius 1 is 1.25 bits per heavy atom. The number of benzene rings is 1. The van der Waals surface area contributed by atoms with Crippen molar-refractivity contribution >= 4 is 11.6 Å². The number of aryl methyl sites for hydroxylation is 2. The minimum absolute atomic E-state index is 0.205. The fraction of sp³-hybridized carbons (Fsp3) is 0.250. The first-order valence-electron chi connectivity index (χ1n) is 9.58. The van der Waals surface area contributed by atoms with Crippen LogP contribution >= 0.6 is 0 Å². The van der Waals surface area contributed by atoms with Gasteiger partial charge in [0.25, 0.3) is 5.91 Å². The molecule has 2 N–H and O–H groups in total. The molecule has 0 aliphatic rings. The maximum absolute atomic E-state index is 13.9. The molecule has 0 bridgehead atoms. The quantitative estimate of drug-likeness (QED) is 0.444. The van der Waals surface area contributed by atoms with E-state index < -0.39 is 30.2 Å². The third-order valence-corrected chi connectivity index (χ3v) is 4.89. The number of carbonyl (C=O) groups is 1. The first-order valence-corrected chi connectivity index (χ1v) is 9.58. The van der Waals surface area contributed by atoms with Crippen LogP contribution in [0.5, 0.6) is 5.75 Å². The van der Waals surface area contributed by atoms with Gasteiger partial charge in [-0.3, -0.25) is 9.20 Å². The molecule has 0 fully saturated rings. The number of nitrogens with one attached hydrogen (secondary N) is 1. The number of halogens is 2. The Labute approximate surface area is 180 Å². The lowest BCUT2D eigenvalue weighted by atomic mass is 10.2. The van der Waals surface area contributed by atoms with Crippen LogP contribution in [-0.4, -0.2) is 47.2 Å². The van der Waals surface area contributed by atoms with Crippen LogP contribution in [-0.2, 0) is 13.7 Å². The lowest BCUT2D eigenvalue weighted by Gasteiger charge is -2.15. The molecule has 0 unspecified atom stereocenters. The number of hydrogen-bond acceptors (Lipinski definition) is 7. The smallest absolute Gasteiger partial charge is 0.270 e. The molecule has 0 radical (unpaired) electrons. The summed E-state index contributed by atoms with van der Waals surface area (Å²) < 4.78 is 36.3. The number of aliphatic hydroxyl groups excluding tert-OH is 1. The van der Waals surface area contributed by atoms with Gasteiger partial charge in [0, 0.05) is 13.2 Å². The molecule has 0 saturated heterocycles. The van der Waals surface area contributed by atoms with Crippen molar-refractivity contribution in [2.45, 2.75) is 19.6 Å². The standard InChI is InChI=1S/C20H19F2N7O3/c1-11-17(20(31)24-15(9-30)18-25-26-27-28(18)2)29-8-4-7-16(19(29)23-11)32-10-12-13(21)5-3-6-14(12)22/h3-8,15,30H,9-10H2,1-2H3,(H,24,31)/t15-/m0/s1. The van der Waals surface area contributed by atoms with E-state index in [1.165, 1.54) is 15.1 Å². The monoisotopic (exact) mass is 443 g/mol. The minimum atomic E-state index is -0.837. The molecule has 0 saturated carbocycles. The summed E-state index contributed by atoms with van der Waals surface area (Å²) in [4.78, 5) is 17.4. The van der Waals surface area contributed by atoms with Gasteiger partial charge in [-0.25, -0.2) is 18.4 Å². The zero-order valence-electron chi connectivity index (χ0n) is 17.2. The average Bonchev–Trinajstić information content (AvgIpc) is 3.34. The van der Waals surface area contributed by atoms with E-state index >= 15 is 0 Å². The molecule has 0 spiro atoms. The van der Waals surface area contributed by atoms with Gasteiger partial charge in [-0.1, -0.05) is 6.07 Å². The highest BCUT2D eigenvalue weighted by atomic mass is 19.1. The third kappa shape index (κ3) is 3.87. The fourth-order valence-electron chi connectivity index (χ4n) is 3.31. The second kappa shape index (κ2) is 8.67. The van der Waals surface area contributed by atoms with E-state index in [4.69, 9.17) is 4.74 Å². The van der Waals surface area contributed by atoms with Gasteiger partial charge in [-0.05, 0) is 41.6 Å². The molecule has 32 heavy (non-hydrogen) atoms. The molecule has 166 valence electrons. The number of ether oxygens (including phenoxy) is 1. The van der Waals surface area contributed by atoms with Gasteiger partial charge in [-0.2, -0.15) is 0 Å². The SMILES string of the molecule is Cc1nc2c(OCc3c(F)cccc3F)cccn2c1C(=O)N[C@@H](CO)c1nnnn1C. The summed E-state index contributed by atoms with van der Waals surface area (Å²) in [6.45, 7) is 0.871. The van der Waals surface area contributed by atoms with Crippen LogP contribution in [0.25, 0.3) is 5.65 Å². The minimum Gasteiger partial charge on any atom is -0.485 e. The molecule has 1 amide bonds. The molecule has 0 aliphatic heterocycles. The number of rotatable bonds is 7. The molecule has 1 atom stereocenters. The number of nitrogens with zero attached hydrogens (tertiary/aromatic N) is 6. The normalized spacial score (nSPS) is 12.2. The zero-order valence-corrected chi connectivity index (χ0v) is 17.2. The molecular formula is C20H19F2N7O3. The number of pyridine rings is 1. The van der Waals surface area contributed by atoms with E-state index in [0.29, 0.717) is 11.3 Å². The summed E-state index contributed by atoms with van der Waals surface area (Å²) in [7, 11) is 1.59. The van der Waals surface area contributed by atoms with Crippen molar-refractivity contribution in [1.29, 1.82) is 0 Å². The Hall–Kier alpha value is -3.93. The Bertz CT molecular complexity index is 1270. The fourth-order valence-corrected chi connectivity index (χ4v) is 3.31. The zero-order chi connectivity index (χ0) is 22.8. The lowest BCUT2D eigenvalue weighted by molar-refractivity contribution is 0.0905. The molecule has 3 aromatic heterocycles. The number of amides is 1. The van der Waals surface area contributed by atoms with E-state index in [9.17, 15) is 18.7 Å². The van der Waals surface area contributed by atoms with E-state index in [1.807, 2.05) is 0 Å². The second-order valence-electron chi connectivity index (χ2n) is 6.97. The second-order valence-corrected chi connectivity index (χ2v) is 6.97. The van der Waals surface area contributed by atoms with Gasteiger partial charge in [0.15, 0.2) is 17.2 Å². The van der Waals surface area contributed by atoms with Crippen molar-refractivity contribution in [2.75, 3.05) is 6.61 Å². The van der Waals surface area contributed by atoms with E-state index in [0.717, 1.165) is 12.1 Å². The van der Waals surface area contributed by atoms with Gasteiger partial charge in [0.05, 0.1) is 17.9 Å². The van der Waals surface area contributed by atoms with Gasteiger partial charge < -0.3 is 15.2 Å². The molecule has 0 aliphatic carbocycles. The van der Waals surface area contributed by atoms with Gasteiger partial charge >= 0.3 is 0 Å². The van der Waals surface area contributed by atoms with Crippen molar-refractivity contribution in [3.63, 3.8) is 0 Å². The molecule has 12 heteroatoms. The molecule has 3 heterocycles. The predicted octanol–water partition coefficient (Wildman–Crippen LogP) is 1.49. The van der Waals surface area contributed by atoms with Crippen LogP contribution in [0.15, 0.2) is 36.5 Å². The Morgan fingerprint density at radius 3 is 2.66 bits per heavy atom. The highest BCUT2D eigenvalue weighted by Gasteiger charge is 2.24. The third-order valence-electron chi connectivity index (χ3n) is 4.89. The number of aliphatic hydroxyl groups is 1. The average molecular weight is 443 g/mol. The van der Waals surface area contributed by atoms with E-state index in [-0.39, 0.29) is 29.4 Å². The number of tetrazole rings is 1. The predicted molar refractivity (Wildman–Crippen MR) is 107 cm³/mol. The number of fused-ring (bicyclic) bond motifs is 1. The van der Waals surface area contributed by atoms with Crippen LogP contribution in [0.3, 0.4) is 0 Å². The Balaban J connectivity index is 1.62. The molecule has 1 aromatic carbocycles. The summed E-state index contributed by atoms with van der Waals surface area (Å²) in [5.41, 5.74) is 0.686. The maximum Gasteiger partial charge on any atom is 0.270 e. The number of carbonyl (C=O) groups excluding carboxylic acids is 1.